The molecular formula is C11H15N. The molecule has 1 nitrogen and oxygen atoms in total. The van der Waals surface area contributed by atoms with Gasteiger partial charge in [0.1, 0.15) is 0 Å². The van der Waals surface area contributed by atoms with Crippen molar-refractivity contribution < 1.29 is 0 Å². The van der Waals surface area contributed by atoms with E-state index < -0.39 is 0 Å². The van der Waals surface area contributed by atoms with Crippen LogP contribution in [0.5, 0.6) is 0 Å². The second-order valence-corrected chi connectivity index (χ2v) is 3.58. The molecule has 1 aliphatic carbocycles. The molecular weight excluding hydrogens is 146 g/mol. The molecule has 0 saturated carbocycles. The van der Waals surface area contributed by atoms with E-state index in [0.717, 1.165) is 12.5 Å². The Balaban J connectivity index is 1.85. The van der Waals surface area contributed by atoms with Gasteiger partial charge in [-0.15, -0.1) is 0 Å². The second-order valence-electron chi connectivity index (χ2n) is 3.58. The van der Waals surface area contributed by atoms with E-state index in [4.69, 9.17) is 0 Å². The molecule has 0 spiro atoms. The van der Waals surface area contributed by atoms with Crippen LogP contribution < -0.4 is 5.32 Å². The van der Waals surface area contributed by atoms with Crippen molar-refractivity contribution in [3.05, 3.63) is 36.1 Å². The van der Waals surface area contributed by atoms with Crippen LogP contribution in [0.25, 0.3) is 0 Å². The van der Waals surface area contributed by atoms with Gasteiger partial charge >= 0.3 is 0 Å². The van der Waals surface area contributed by atoms with Gasteiger partial charge < -0.3 is 5.32 Å². The number of hydrogen-bond acceptors (Lipinski definition) is 1. The average Bonchev–Trinajstić information content (AvgIpc) is 2.59. The monoisotopic (exact) mass is 161 g/mol. The van der Waals surface area contributed by atoms with Crippen LogP contribution in [0.1, 0.15) is 19.3 Å². The fraction of sp³-hybridized carbons (Fsp3) is 0.455. The first-order chi connectivity index (χ1) is 5.95. The molecule has 0 fully saturated rings. The normalized spacial score (nSPS) is 22.5. The van der Waals surface area contributed by atoms with Crippen LogP contribution in [0.15, 0.2) is 36.1 Å². The maximum Gasteiger partial charge on any atom is 0.0357 e. The van der Waals surface area contributed by atoms with Crippen molar-refractivity contribution in [3.8, 4) is 0 Å². The number of dihydropyridines is 1. The van der Waals surface area contributed by atoms with Crippen molar-refractivity contribution in [2.24, 2.45) is 5.92 Å². The zero-order chi connectivity index (χ0) is 8.23. The predicted molar refractivity (Wildman–Crippen MR) is 51.7 cm³/mol. The highest BCUT2D eigenvalue weighted by Crippen LogP contribution is 2.25. The lowest BCUT2D eigenvalue weighted by atomic mass is 9.96. The van der Waals surface area contributed by atoms with Gasteiger partial charge in [-0.05, 0) is 37.5 Å². The van der Waals surface area contributed by atoms with Gasteiger partial charge in [0.15, 0.2) is 0 Å². The van der Waals surface area contributed by atoms with Gasteiger partial charge in [-0.2, -0.15) is 0 Å². The van der Waals surface area contributed by atoms with Gasteiger partial charge in [0, 0.05) is 6.54 Å². The third-order valence-electron chi connectivity index (χ3n) is 2.53. The summed E-state index contributed by atoms with van der Waals surface area (Å²) in [4.78, 5) is 0. The maximum absolute atomic E-state index is 3.24. The third kappa shape index (κ3) is 1.79. The summed E-state index contributed by atoms with van der Waals surface area (Å²) in [6.07, 6.45) is 14.8. The van der Waals surface area contributed by atoms with Gasteiger partial charge in [0.2, 0.25) is 0 Å². The Kier molecular flexibility index (Phi) is 2.31. The number of rotatable bonds is 2. The molecule has 0 aromatic heterocycles. The first kappa shape index (κ1) is 7.66. The minimum absolute atomic E-state index is 0.879. The Labute approximate surface area is 73.9 Å². The van der Waals surface area contributed by atoms with Gasteiger partial charge in [-0.3, -0.25) is 0 Å². The summed E-state index contributed by atoms with van der Waals surface area (Å²) in [5.74, 6) is 0.879. The van der Waals surface area contributed by atoms with Crippen molar-refractivity contribution in [2.75, 3.05) is 6.54 Å². The minimum atomic E-state index is 0.879. The minimum Gasteiger partial charge on any atom is -0.387 e. The van der Waals surface area contributed by atoms with E-state index in [2.05, 4.69) is 29.6 Å². The van der Waals surface area contributed by atoms with Crippen LogP contribution in [-0.2, 0) is 0 Å². The van der Waals surface area contributed by atoms with Crippen molar-refractivity contribution in [3.63, 3.8) is 0 Å². The fourth-order valence-corrected chi connectivity index (χ4v) is 1.85. The lowest BCUT2D eigenvalue weighted by Gasteiger charge is -2.14. The summed E-state index contributed by atoms with van der Waals surface area (Å²) in [5.41, 5.74) is 1.55. The smallest absolute Gasteiger partial charge is 0.0357 e. The summed E-state index contributed by atoms with van der Waals surface area (Å²) in [6.45, 7) is 1.05. The van der Waals surface area contributed by atoms with Gasteiger partial charge in [-0.25, -0.2) is 0 Å². The highest BCUT2D eigenvalue weighted by atomic mass is 14.8. The molecule has 0 bridgehead atoms. The quantitative estimate of drug-likeness (QED) is 0.613. The van der Waals surface area contributed by atoms with E-state index in [9.17, 15) is 0 Å². The molecule has 2 rings (SSSR count). The van der Waals surface area contributed by atoms with Crippen LogP contribution in [0.4, 0.5) is 0 Å². The summed E-state index contributed by atoms with van der Waals surface area (Å²) in [5, 5.41) is 3.24. The van der Waals surface area contributed by atoms with Crippen molar-refractivity contribution in [1.82, 2.24) is 5.32 Å². The SMILES string of the molecule is C1=CNCC(CC2CC=CC2)=C1. The van der Waals surface area contributed by atoms with E-state index in [-0.39, 0.29) is 0 Å². The van der Waals surface area contributed by atoms with Gasteiger partial charge in [0.05, 0.1) is 0 Å². The summed E-state index contributed by atoms with van der Waals surface area (Å²) < 4.78 is 0. The molecule has 1 heteroatoms. The van der Waals surface area contributed by atoms with Crippen LogP contribution in [0.2, 0.25) is 0 Å². The average molecular weight is 161 g/mol. The lowest BCUT2D eigenvalue weighted by Crippen LogP contribution is -2.14. The number of hydrogen-bond donors (Lipinski definition) is 1. The van der Waals surface area contributed by atoms with E-state index in [0.29, 0.717) is 0 Å². The molecule has 12 heavy (non-hydrogen) atoms. The number of nitrogens with one attached hydrogen (secondary N) is 1. The first-order valence-electron chi connectivity index (χ1n) is 4.68. The summed E-state index contributed by atoms with van der Waals surface area (Å²) in [7, 11) is 0. The topological polar surface area (TPSA) is 12.0 Å². The molecule has 1 aliphatic heterocycles. The summed E-state index contributed by atoms with van der Waals surface area (Å²) in [6, 6.07) is 0. The van der Waals surface area contributed by atoms with E-state index in [1.165, 1.54) is 19.3 Å². The van der Waals surface area contributed by atoms with Crippen molar-refractivity contribution in [2.45, 2.75) is 19.3 Å². The third-order valence-corrected chi connectivity index (χ3v) is 2.53. The lowest BCUT2D eigenvalue weighted by molar-refractivity contribution is 0.555. The molecule has 1 heterocycles. The van der Waals surface area contributed by atoms with Gasteiger partial charge in [0.25, 0.3) is 0 Å². The Morgan fingerprint density at radius 3 is 2.83 bits per heavy atom. The zero-order valence-corrected chi connectivity index (χ0v) is 7.29. The highest BCUT2D eigenvalue weighted by molar-refractivity contribution is 5.19. The highest BCUT2D eigenvalue weighted by Gasteiger charge is 2.12. The van der Waals surface area contributed by atoms with Crippen molar-refractivity contribution >= 4 is 0 Å². The van der Waals surface area contributed by atoms with Crippen molar-refractivity contribution in [1.29, 1.82) is 0 Å². The summed E-state index contributed by atoms with van der Waals surface area (Å²) >= 11 is 0. The Morgan fingerprint density at radius 1 is 1.33 bits per heavy atom. The molecule has 0 amide bonds. The Bertz CT molecular complexity index is 227. The standard InChI is InChI=1S/C11H15N/c1-2-5-10(4-1)8-11-6-3-7-12-9-11/h1-3,6-7,10,12H,4-5,8-9H2. The predicted octanol–water partition coefficient (Wildman–Crippen LogP) is 2.39. The molecule has 2 aliphatic rings. The van der Waals surface area contributed by atoms with Crippen LogP contribution in [0, 0.1) is 5.92 Å². The first-order valence-corrected chi connectivity index (χ1v) is 4.68. The number of allylic oxidation sites excluding steroid dienone is 4. The molecule has 1 N–H and O–H groups in total. The van der Waals surface area contributed by atoms with E-state index in [1.807, 2.05) is 6.20 Å². The Hall–Kier alpha value is -0.980. The fourth-order valence-electron chi connectivity index (χ4n) is 1.85. The molecule has 0 unspecified atom stereocenters. The molecule has 0 aromatic rings. The van der Waals surface area contributed by atoms with Crippen LogP contribution in [-0.4, -0.2) is 6.54 Å². The molecule has 0 radical (unpaired) electrons. The molecule has 0 atom stereocenters. The Morgan fingerprint density at radius 2 is 2.17 bits per heavy atom. The van der Waals surface area contributed by atoms with Gasteiger partial charge in [-0.1, -0.05) is 23.8 Å². The largest absolute Gasteiger partial charge is 0.387 e. The maximum atomic E-state index is 3.24. The molecule has 0 aromatic carbocycles. The molecule has 0 saturated heterocycles. The second kappa shape index (κ2) is 3.61. The van der Waals surface area contributed by atoms with E-state index in [1.54, 1.807) is 5.57 Å². The van der Waals surface area contributed by atoms with E-state index >= 15 is 0 Å². The van der Waals surface area contributed by atoms with Crippen LogP contribution >= 0.6 is 0 Å². The van der Waals surface area contributed by atoms with Crippen LogP contribution in [0.3, 0.4) is 0 Å². The molecule has 64 valence electrons. The zero-order valence-electron chi connectivity index (χ0n) is 7.29.